The molecule has 1 amide bonds. The number of ether oxygens (including phenoxy) is 1. The number of hydrogen-bond acceptors (Lipinski definition) is 4. The van der Waals surface area contributed by atoms with E-state index in [4.69, 9.17) is 10.5 Å². The number of carbonyl (C=O) groups is 1. The Labute approximate surface area is 120 Å². The predicted molar refractivity (Wildman–Crippen MR) is 76.5 cm³/mol. The predicted octanol–water partition coefficient (Wildman–Crippen LogP) is 2.94. The SMILES string of the molecule is Nc1ccc(Oc2ccnc(NC(=O)C3CC3)c2)cc1F. The van der Waals surface area contributed by atoms with Crippen molar-refractivity contribution in [3.63, 3.8) is 0 Å². The van der Waals surface area contributed by atoms with Crippen LogP contribution in [0.1, 0.15) is 12.8 Å². The number of hydrogen-bond donors (Lipinski definition) is 2. The summed E-state index contributed by atoms with van der Waals surface area (Å²) in [4.78, 5) is 15.7. The standard InChI is InChI=1S/C15H14FN3O2/c16-12-7-10(3-4-13(12)17)21-11-5-6-18-14(8-11)19-15(20)9-1-2-9/h3-9H,1-2,17H2,(H,18,19,20). The van der Waals surface area contributed by atoms with Crippen LogP contribution in [0.4, 0.5) is 15.9 Å². The van der Waals surface area contributed by atoms with Crippen LogP contribution >= 0.6 is 0 Å². The zero-order chi connectivity index (χ0) is 14.8. The van der Waals surface area contributed by atoms with Crippen molar-refractivity contribution in [2.75, 3.05) is 11.1 Å². The highest BCUT2D eigenvalue weighted by Crippen LogP contribution is 2.30. The van der Waals surface area contributed by atoms with Crippen molar-refractivity contribution in [3.05, 3.63) is 42.3 Å². The first-order chi connectivity index (χ1) is 10.1. The molecular weight excluding hydrogens is 273 g/mol. The molecule has 0 bridgehead atoms. The van der Waals surface area contributed by atoms with Crippen molar-refractivity contribution in [1.82, 2.24) is 4.98 Å². The van der Waals surface area contributed by atoms with Crippen LogP contribution in [0.5, 0.6) is 11.5 Å². The Kier molecular flexibility index (Phi) is 3.43. The van der Waals surface area contributed by atoms with E-state index in [1.54, 1.807) is 18.2 Å². The van der Waals surface area contributed by atoms with Gasteiger partial charge in [-0.3, -0.25) is 4.79 Å². The lowest BCUT2D eigenvalue weighted by atomic mass is 10.3. The van der Waals surface area contributed by atoms with Gasteiger partial charge in [0.05, 0.1) is 5.69 Å². The monoisotopic (exact) mass is 287 g/mol. The molecule has 1 fully saturated rings. The number of rotatable bonds is 4. The van der Waals surface area contributed by atoms with Gasteiger partial charge in [0.25, 0.3) is 0 Å². The number of nitrogens with two attached hydrogens (primary N) is 1. The Hall–Kier alpha value is -2.63. The molecule has 0 radical (unpaired) electrons. The molecular formula is C15H14FN3O2. The van der Waals surface area contributed by atoms with E-state index >= 15 is 0 Å². The van der Waals surface area contributed by atoms with Gasteiger partial charge in [0.2, 0.25) is 5.91 Å². The van der Waals surface area contributed by atoms with E-state index in [0.717, 1.165) is 12.8 Å². The Balaban J connectivity index is 1.72. The Morgan fingerprint density at radius 2 is 2.05 bits per heavy atom. The van der Waals surface area contributed by atoms with Crippen LogP contribution in [-0.2, 0) is 4.79 Å². The molecule has 1 aliphatic carbocycles. The lowest BCUT2D eigenvalue weighted by Crippen LogP contribution is -2.14. The molecule has 6 heteroatoms. The van der Waals surface area contributed by atoms with E-state index in [1.165, 1.54) is 18.3 Å². The minimum Gasteiger partial charge on any atom is -0.457 e. The van der Waals surface area contributed by atoms with Crippen molar-refractivity contribution in [3.8, 4) is 11.5 Å². The number of benzene rings is 1. The van der Waals surface area contributed by atoms with E-state index in [-0.39, 0.29) is 17.5 Å². The third-order valence-electron chi connectivity index (χ3n) is 3.14. The summed E-state index contributed by atoms with van der Waals surface area (Å²) in [6.07, 6.45) is 3.37. The zero-order valence-electron chi connectivity index (χ0n) is 11.2. The largest absolute Gasteiger partial charge is 0.457 e. The van der Waals surface area contributed by atoms with Gasteiger partial charge in [-0.25, -0.2) is 9.37 Å². The lowest BCUT2D eigenvalue weighted by Gasteiger charge is -2.08. The van der Waals surface area contributed by atoms with Crippen molar-refractivity contribution < 1.29 is 13.9 Å². The van der Waals surface area contributed by atoms with Crippen LogP contribution in [0.2, 0.25) is 0 Å². The number of nitrogens with one attached hydrogen (secondary N) is 1. The zero-order valence-corrected chi connectivity index (χ0v) is 11.2. The number of nitrogens with zero attached hydrogens (tertiary/aromatic N) is 1. The molecule has 0 aliphatic heterocycles. The second-order valence-electron chi connectivity index (χ2n) is 4.93. The molecule has 1 aliphatic rings. The summed E-state index contributed by atoms with van der Waals surface area (Å²) < 4.78 is 18.9. The fourth-order valence-electron chi connectivity index (χ4n) is 1.82. The molecule has 3 N–H and O–H groups in total. The highest BCUT2D eigenvalue weighted by Gasteiger charge is 2.29. The quantitative estimate of drug-likeness (QED) is 0.847. The van der Waals surface area contributed by atoms with Gasteiger partial charge >= 0.3 is 0 Å². The van der Waals surface area contributed by atoms with E-state index in [9.17, 15) is 9.18 Å². The first-order valence-corrected chi connectivity index (χ1v) is 6.61. The number of pyridine rings is 1. The van der Waals surface area contributed by atoms with Gasteiger partial charge in [-0.1, -0.05) is 0 Å². The number of anilines is 2. The van der Waals surface area contributed by atoms with Gasteiger partial charge in [0.1, 0.15) is 23.1 Å². The molecule has 2 aromatic rings. The Morgan fingerprint density at radius 1 is 1.29 bits per heavy atom. The van der Waals surface area contributed by atoms with Crippen LogP contribution in [-0.4, -0.2) is 10.9 Å². The maximum absolute atomic E-state index is 13.4. The summed E-state index contributed by atoms with van der Waals surface area (Å²) in [5.74, 6) is 0.734. The average molecular weight is 287 g/mol. The van der Waals surface area contributed by atoms with Crippen LogP contribution in [0.15, 0.2) is 36.5 Å². The number of nitrogen functional groups attached to an aromatic ring is 1. The minimum atomic E-state index is -0.538. The molecule has 1 heterocycles. The minimum absolute atomic E-state index is 0.0295. The fraction of sp³-hybridized carbons (Fsp3) is 0.200. The summed E-state index contributed by atoms with van der Waals surface area (Å²) in [6, 6.07) is 7.43. The molecule has 5 nitrogen and oxygen atoms in total. The van der Waals surface area contributed by atoms with E-state index in [0.29, 0.717) is 17.3 Å². The summed E-state index contributed by atoms with van der Waals surface area (Å²) in [6.45, 7) is 0. The van der Waals surface area contributed by atoms with Gasteiger partial charge in [0, 0.05) is 24.2 Å². The fourth-order valence-corrected chi connectivity index (χ4v) is 1.82. The molecule has 0 unspecified atom stereocenters. The third-order valence-corrected chi connectivity index (χ3v) is 3.14. The summed E-state index contributed by atoms with van der Waals surface area (Å²) in [7, 11) is 0. The second kappa shape index (κ2) is 5.40. The van der Waals surface area contributed by atoms with E-state index < -0.39 is 5.82 Å². The van der Waals surface area contributed by atoms with Crippen molar-refractivity contribution in [2.45, 2.75) is 12.8 Å². The normalized spacial score (nSPS) is 13.8. The van der Waals surface area contributed by atoms with Crippen molar-refractivity contribution in [2.24, 2.45) is 5.92 Å². The van der Waals surface area contributed by atoms with Crippen LogP contribution < -0.4 is 15.8 Å². The summed E-state index contributed by atoms with van der Waals surface area (Å²) in [5.41, 5.74) is 5.47. The van der Waals surface area contributed by atoms with Crippen LogP contribution in [0.3, 0.4) is 0 Å². The Bertz CT molecular complexity index is 686. The number of aromatic nitrogens is 1. The van der Waals surface area contributed by atoms with Crippen LogP contribution in [0.25, 0.3) is 0 Å². The molecule has 1 aromatic heterocycles. The van der Waals surface area contributed by atoms with Gasteiger partial charge in [0.15, 0.2) is 0 Å². The maximum atomic E-state index is 13.4. The molecule has 0 spiro atoms. The van der Waals surface area contributed by atoms with E-state index in [1.807, 2.05) is 0 Å². The average Bonchev–Trinajstić information content (AvgIpc) is 3.28. The van der Waals surface area contributed by atoms with Gasteiger partial charge < -0.3 is 15.8 Å². The number of halogens is 1. The third kappa shape index (κ3) is 3.28. The highest BCUT2D eigenvalue weighted by atomic mass is 19.1. The summed E-state index contributed by atoms with van der Waals surface area (Å²) >= 11 is 0. The molecule has 1 saturated carbocycles. The molecule has 108 valence electrons. The highest BCUT2D eigenvalue weighted by molar-refractivity contribution is 5.93. The smallest absolute Gasteiger partial charge is 0.228 e. The molecule has 3 rings (SSSR count). The lowest BCUT2D eigenvalue weighted by molar-refractivity contribution is -0.117. The van der Waals surface area contributed by atoms with Gasteiger partial charge in [-0.05, 0) is 31.0 Å². The molecule has 0 atom stereocenters. The molecule has 21 heavy (non-hydrogen) atoms. The molecule has 1 aromatic carbocycles. The number of carbonyl (C=O) groups excluding carboxylic acids is 1. The van der Waals surface area contributed by atoms with Crippen LogP contribution in [0, 0.1) is 11.7 Å². The van der Waals surface area contributed by atoms with E-state index in [2.05, 4.69) is 10.3 Å². The Morgan fingerprint density at radius 3 is 2.76 bits per heavy atom. The first kappa shape index (κ1) is 13.4. The number of amides is 1. The summed E-state index contributed by atoms with van der Waals surface area (Å²) in [5, 5.41) is 2.73. The second-order valence-corrected chi connectivity index (χ2v) is 4.93. The van der Waals surface area contributed by atoms with Gasteiger partial charge in [-0.15, -0.1) is 0 Å². The first-order valence-electron chi connectivity index (χ1n) is 6.61. The van der Waals surface area contributed by atoms with Gasteiger partial charge in [-0.2, -0.15) is 0 Å². The van der Waals surface area contributed by atoms with Crippen molar-refractivity contribution >= 4 is 17.4 Å². The maximum Gasteiger partial charge on any atom is 0.228 e. The topological polar surface area (TPSA) is 77.2 Å². The van der Waals surface area contributed by atoms with Crippen molar-refractivity contribution in [1.29, 1.82) is 0 Å². The molecule has 0 saturated heterocycles.